The molecule has 0 radical (unpaired) electrons. The molecule has 5 nitrogen and oxygen atoms in total. The lowest BCUT2D eigenvalue weighted by Gasteiger charge is -2.26. The van der Waals surface area contributed by atoms with Gasteiger partial charge in [0.15, 0.2) is 0 Å². The standard InChI is InChI=1S/C16H24BrN5/c1-19-16-14(17)4-3-5-15(16)22(2)13(10-18)11-21-12-6-8-20-9-7-12/h3-5,10-12,18-21H,6-9H2,1-2H3/b13-11+,18-10?. The van der Waals surface area contributed by atoms with Crippen molar-refractivity contribution in [1.29, 1.82) is 5.41 Å². The Balaban J connectivity index is 2.15. The normalized spacial score (nSPS) is 16.2. The van der Waals surface area contributed by atoms with Gasteiger partial charge in [-0.1, -0.05) is 6.07 Å². The molecule has 1 saturated heterocycles. The number of allylic oxidation sites excluding steroid dienone is 1. The molecule has 0 amide bonds. The monoisotopic (exact) mass is 365 g/mol. The van der Waals surface area contributed by atoms with E-state index in [4.69, 9.17) is 5.41 Å². The number of hydrogen-bond acceptors (Lipinski definition) is 5. The van der Waals surface area contributed by atoms with Crippen LogP contribution in [0.1, 0.15) is 12.8 Å². The van der Waals surface area contributed by atoms with E-state index in [-0.39, 0.29) is 0 Å². The number of piperidine rings is 1. The van der Waals surface area contributed by atoms with Crippen molar-refractivity contribution < 1.29 is 0 Å². The second-order valence-electron chi connectivity index (χ2n) is 5.35. The summed E-state index contributed by atoms with van der Waals surface area (Å²) in [5.74, 6) is 0. The van der Waals surface area contributed by atoms with Crippen LogP contribution in [-0.4, -0.2) is 39.4 Å². The fourth-order valence-electron chi connectivity index (χ4n) is 2.61. The molecule has 120 valence electrons. The summed E-state index contributed by atoms with van der Waals surface area (Å²) in [6.45, 7) is 2.10. The van der Waals surface area contributed by atoms with Gasteiger partial charge in [0.05, 0.1) is 17.1 Å². The molecule has 0 saturated carbocycles. The Kier molecular flexibility index (Phi) is 6.27. The van der Waals surface area contributed by atoms with Crippen LogP contribution in [-0.2, 0) is 0 Å². The first kappa shape index (κ1) is 16.8. The molecule has 1 aromatic rings. The maximum atomic E-state index is 7.72. The first-order valence-corrected chi connectivity index (χ1v) is 8.34. The van der Waals surface area contributed by atoms with Gasteiger partial charge in [-0.05, 0) is 54.0 Å². The summed E-state index contributed by atoms with van der Waals surface area (Å²) in [7, 11) is 3.88. The molecular formula is C16H24BrN5. The first-order chi connectivity index (χ1) is 10.7. The highest BCUT2D eigenvalue weighted by Gasteiger charge is 2.14. The minimum Gasteiger partial charge on any atom is -0.386 e. The zero-order valence-electron chi connectivity index (χ0n) is 13.1. The van der Waals surface area contributed by atoms with Crippen molar-refractivity contribution in [3.8, 4) is 0 Å². The molecule has 4 N–H and O–H groups in total. The smallest absolute Gasteiger partial charge is 0.0746 e. The third-order valence-corrected chi connectivity index (χ3v) is 4.61. The van der Waals surface area contributed by atoms with E-state index < -0.39 is 0 Å². The van der Waals surface area contributed by atoms with Gasteiger partial charge in [0.25, 0.3) is 0 Å². The summed E-state index contributed by atoms with van der Waals surface area (Å²) < 4.78 is 1.01. The molecule has 0 spiro atoms. The Hall–Kier alpha value is -1.53. The minimum atomic E-state index is 0.482. The van der Waals surface area contributed by atoms with Gasteiger partial charge in [-0.25, -0.2) is 0 Å². The fourth-order valence-corrected chi connectivity index (χ4v) is 3.16. The highest BCUT2D eigenvalue weighted by Crippen LogP contribution is 2.33. The number of benzene rings is 1. The lowest BCUT2D eigenvalue weighted by Crippen LogP contribution is -2.38. The van der Waals surface area contributed by atoms with Crippen molar-refractivity contribution in [2.45, 2.75) is 18.9 Å². The Bertz CT molecular complexity index is 537. The van der Waals surface area contributed by atoms with Crippen molar-refractivity contribution in [2.75, 3.05) is 37.4 Å². The maximum Gasteiger partial charge on any atom is 0.0746 e. The molecule has 22 heavy (non-hydrogen) atoms. The van der Waals surface area contributed by atoms with Crippen molar-refractivity contribution in [3.63, 3.8) is 0 Å². The van der Waals surface area contributed by atoms with Crippen molar-refractivity contribution in [2.24, 2.45) is 0 Å². The van der Waals surface area contributed by atoms with E-state index in [1.165, 1.54) is 6.21 Å². The van der Waals surface area contributed by atoms with Crippen LogP contribution in [0, 0.1) is 5.41 Å². The molecule has 0 aliphatic carbocycles. The first-order valence-electron chi connectivity index (χ1n) is 7.54. The van der Waals surface area contributed by atoms with Crippen molar-refractivity contribution in [1.82, 2.24) is 10.6 Å². The molecule has 2 rings (SSSR count). The average Bonchev–Trinajstić information content (AvgIpc) is 2.56. The zero-order chi connectivity index (χ0) is 15.9. The number of anilines is 2. The zero-order valence-corrected chi connectivity index (χ0v) is 14.7. The van der Waals surface area contributed by atoms with Gasteiger partial charge in [-0.2, -0.15) is 0 Å². The number of hydrogen-bond donors (Lipinski definition) is 4. The molecule has 1 aliphatic heterocycles. The van der Waals surface area contributed by atoms with Crippen molar-refractivity contribution >= 4 is 33.5 Å². The average molecular weight is 366 g/mol. The lowest BCUT2D eigenvalue weighted by atomic mass is 10.1. The highest BCUT2D eigenvalue weighted by molar-refractivity contribution is 9.10. The Labute approximate surface area is 140 Å². The maximum absolute atomic E-state index is 7.72. The SMILES string of the molecule is CNc1c(Br)cccc1N(C)/C(C=N)=C/NC1CCNCC1. The van der Waals surface area contributed by atoms with E-state index in [2.05, 4.69) is 31.9 Å². The van der Waals surface area contributed by atoms with Crippen LogP contribution in [0.2, 0.25) is 0 Å². The van der Waals surface area contributed by atoms with Crippen LogP contribution in [0.3, 0.4) is 0 Å². The number of nitrogens with zero attached hydrogens (tertiary/aromatic N) is 1. The van der Waals surface area contributed by atoms with Gasteiger partial charge in [0, 0.05) is 37.0 Å². The topological polar surface area (TPSA) is 63.2 Å². The lowest BCUT2D eigenvalue weighted by molar-refractivity contribution is 0.419. The van der Waals surface area contributed by atoms with Crippen LogP contribution in [0.4, 0.5) is 11.4 Å². The largest absolute Gasteiger partial charge is 0.386 e. The second kappa shape index (κ2) is 8.19. The molecule has 1 heterocycles. The Morgan fingerprint density at radius 1 is 1.41 bits per heavy atom. The van der Waals surface area contributed by atoms with E-state index in [1.807, 2.05) is 43.4 Å². The fraction of sp³-hybridized carbons (Fsp3) is 0.438. The summed E-state index contributed by atoms with van der Waals surface area (Å²) in [5, 5.41) is 17.7. The summed E-state index contributed by atoms with van der Waals surface area (Å²) >= 11 is 3.56. The van der Waals surface area contributed by atoms with E-state index in [0.717, 1.165) is 47.5 Å². The number of rotatable bonds is 6. The molecule has 1 aromatic carbocycles. The number of para-hydroxylation sites is 1. The van der Waals surface area contributed by atoms with Gasteiger partial charge < -0.3 is 26.3 Å². The molecular weight excluding hydrogens is 342 g/mol. The van der Waals surface area contributed by atoms with E-state index in [0.29, 0.717) is 6.04 Å². The Morgan fingerprint density at radius 2 is 2.14 bits per heavy atom. The van der Waals surface area contributed by atoms with Crippen LogP contribution < -0.4 is 20.9 Å². The minimum absolute atomic E-state index is 0.482. The van der Waals surface area contributed by atoms with Crippen LogP contribution in [0.15, 0.2) is 34.6 Å². The summed E-state index contributed by atoms with van der Waals surface area (Å²) in [4.78, 5) is 2.01. The molecule has 0 unspecified atom stereocenters. The van der Waals surface area contributed by atoms with Gasteiger partial charge >= 0.3 is 0 Å². The third-order valence-electron chi connectivity index (χ3n) is 3.94. The van der Waals surface area contributed by atoms with Gasteiger partial charge in [-0.3, -0.25) is 0 Å². The summed E-state index contributed by atoms with van der Waals surface area (Å²) in [5.41, 5.74) is 2.87. The second-order valence-corrected chi connectivity index (χ2v) is 6.20. The molecule has 0 atom stereocenters. The van der Waals surface area contributed by atoms with Gasteiger partial charge in [0.1, 0.15) is 0 Å². The van der Waals surface area contributed by atoms with E-state index >= 15 is 0 Å². The highest BCUT2D eigenvalue weighted by atomic mass is 79.9. The number of halogens is 1. The molecule has 1 fully saturated rings. The molecule has 0 aromatic heterocycles. The number of nitrogens with one attached hydrogen (secondary N) is 4. The predicted octanol–water partition coefficient (Wildman–Crippen LogP) is 2.76. The van der Waals surface area contributed by atoms with E-state index in [1.54, 1.807) is 0 Å². The Morgan fingerprint density at radius 3 is 2.77 bits per heavy atom. The quantitative estimate of drug-likeness (QED) is 0.585. The molecule has 6 heteroatoms. The van der Waals surface area contributed by atoms with E-state index in [9.17, 15) is 0 Å². The van der Waals surface area contributed by atoms with Crippen LogP contribution >= 0.6 is 15.9 Å². The summed E-state index contributed by atoms with van der Waals surface area (Å²) in [6.07, 6.45) is 5.56. The van der Waals surface area contributed by atoms with Gasteiger partial charge in [0.2, 0.25) is 0 Å². The predicted molar refractivity (Wildman–Crippen MR) is 98.0 cm³/mol. The summed E-state index contributed by atoms with van der Waals surface area (Å²) in [6, 6.07) is 6.53. The molecule has 0 bridgehead atoms. The van der Waals surface area contributed by atoms with Crippen molar-refractivity contribution in [3.05, 3.63) is 34.6 Å². The van der Waals surface area contributed by atoms with Crippen LogP contribution in [0.5, 0.6) is 0 Å². The van der Waals surface area contributed by atoms with Gasteiger partial charge in [-0.15, -0.1) is 0 Å². The third kappa shape index (κ3) is 4.01. The molecule has 1 aliphatic rings. The van der Waals surface area contributed by atoms with Crippen LogP contribution in [0.25, 0.3) is 0 Å².